The number of hydrogen-bond acceptors (Lipinski definition) is 3. The van der Waals surface area contributed by atoms with E-state index in [4.69, 9.17) is 16.6 Å². The maximum atomic E-state index is 6.09. The molecule has 0 saturated heterocycles. The van der Waals surface area contributed by atoms with Gasteiger partial charge < -0.3 is 5.73 Å². The number of nitrogens with zero attached hydrogens (tertiary/aromatic N) is 2. The number of hydrogen-bond donors (Lipinski definition) is 1. The van der Waals surface area contributed by atoms with Crippen molar-refractivity contribution in [3.8, 4) is 22.4 Å². The number of pyridine rings is 2. The summed E-state index contributed by atoms with van der Waals surface area (Å²) in [5.74, 6) is 0. The summed E-state index contributed by atoms with van der Waals surface area (Å²) in [6, 6.07) is 22.6. The van der Waals surface area contributed by atoms with Crippen LogP contribution in [0.5, 0.6) is 0 Å². The number of unbranched alkanes of at least 4 members (excludes halogenated alkanes) is 1. The predicted molar refractivity (Wildman–Crippen MR) is 124 cm³/mol. The highest BCUT2D eigenvalue weighted by Crippen LogP contribution is 2.34. The van der Waals surface area contributed by atoms with Crippen LogP contribution in [0.15, 0.2) is 72.9 Å². The van der Waals surface area contributed by atoms with Crippen molar-refractivity contribution in [3.05, 3.63) is 83.6 Å². The lowest BCUT2D eigenvalue weighted by molar-refractivity contribution is 0.782. The van der Waals surface area contributed by atoms with Crippen molar-refractivity contribution >= 4 is 22.5 Å². The fourth-order valence-corrected chi connectivity index (χ4v) is 3.49. The molecule has 4 rings (SSSR count). The molecule has 0 aliphatic heterocycles. The van der Waals surface area contributed by atoms with Crippen LogP contribution in [0, 0.1) is 0 Å². The van der Waals surface area contributed by atoms with Gasteiger partial charge in [-0.25, -0.2) is 4.98 Å². The van der Waals surface area contributed by atoms with Gasteiger partial charge in [0, 0.05) is 33.4 Å². The predicted octanol–water partition coefficient (Wildman–Crippen LogP) is 6.53. The Labute approximate surface area is 177 Å². The molecule has 0 amide bonds. The van der Waals surface area contributed by atoms with Crippen molar-refractivity contribution in [2.24, 2.45) is 5.73 Å². The maximum Gasteiger partial charge on any atom is 0.0788 e. The maximum absolute atomic E-state index is 6.09. The third-order valence-electron chi connectivity index (χ3n) is 4.80. The molecule has 29 heavy (non-hydrogen) atoms. The summed E-state index contributed by atoms with van der Waals surface area (Å²) in [4.78, 5) is 9.67. The summed E-state index contributed by atoms with van der Waals surface area (Å²) >= 11 is 6.09. The zero-order valence-electron chi connectivity index (χ0n) is 16.9. The summed E-state index contributed by atoms with van der Waals surface area (Å²) in [5, 5.41) is 1.87. The highest BCUT2D eigenvalue weighted by atomic mass is 35.5. The van der Waals surface area contributed by atoms with E-state index in [9.17, 15) is 0 Å². The molecule has 0 aliphatic rings. The number of nitrogens with two attached hydrogens (primary N) is 1. The zero-order chi connectivity index (χ0) is 20.6. The number of fused-ring (bicyclic) bond motifs is 1. The molecule has 3 nitrogen and oxygen atoms in total. The van der Waals surface area contributed by atoms with Crippen LogP contribution in [0.4, 0.5) is 0 Å². The molecule has 0 bridgehead atoms. The van der Waals surface area contributed by atoms with E-state index in [1.54, 1.807) is 0 Å². The first-order valence-corrected chi connectivity index (χ1v) is 10.3. The normalized spacial score (nSPS) is 10.5. The molecule has 0 unspecified atom stereocenters. The second kappa shape index (κ2) is 10.1. The fourth-order valence-electron chi connectivity index (χ4n) is 3.36. The van der Waals surface area contributed by atoms with Gasteiger partial charge in [0.05, 0.1) is 11.2 Å². The molecule has 2 aromatic carbocycles. The molecule has 4 aromatic rings. The first kappa shape index (κ1) is 21.0. The Hall–Kier alpha value is -2.75. The zero-order valence-corrected chi connectivity index (χ0v) is 17.7. The van der Waals surface area contributed by atoms with E-state index in [-0.39, 0.29) is 0 Å². The molecule has 0 atom stereocenters. The van der Waals surface area contributed by atoms with Crippen LogP contribution < -0.4 is 5.73 Å². The van der Waals surface area contributed by atoms with Gasteiger partial charge in [0.2, 0.25) is 0 Å². The van der Waals surface area contributed by atoms with Gasteiger partial charge >= 0.3 is 0 Å². The van der Waals surface area contributed by atoms with Crippen LogP contribution in [0.25, 0.3) is 33.3 Å². The Morgan fingerprint density at radius 2 is 1.62 bits per heavy atom. The SMILES string of the molecule is CCCCc1nccc2nc(-c3ccc(Cl)cc3)c(-c3ccccc3)cc12.CN. The Kier molecular flexibility index (Phi) is 7.34. The van der Waals surface area contributed by atoms with Gasteiger partial charge in [0.15, 0.2) is 0 Å². The second-order valence-electron chi connectivity index (χ2n) is 6.69. The van der Waals surface area contributed by atoms with Gasteiger partial charge in [0.1, 0.15) is 0 Å². The van der Waals surface area contributed by atoms with Gasteiger partial charge in [-0.1, -0.05) is 67.4 Å². The molecule has 0 radical (unpaired) electrons. The number of aromatic nitrogens is 2. The Morgan fingerprint density at radius 1 is 0.897 bits per heavy atom. The molecule has 0 aliphatic carbocycles. The Bertz CT molecular complexity index is 1060. The Balaban J connectivity index is 0.00000117. The van der Waals surface area contributed by atoms with Crippen LogP contribution in [0.3, 0.4) is 0 Å². The van der Waals surface area contributed by atoms with E-state index in [0.717, 1.165) is 63.3 Å². The van der Waals surface area contributed by atoms with Crippen molar-refractivity contribution in [2.45, 2.75) is 26.2 Å². The van der Waals surface area contributed by atoms with Gasteiger partial charge in [-0.3, -0.25) is 4.98 Å². The summed E-state index contributed by atoms with van der Waals surface area (Å²) < 4.78 is 0. The average Bonchev–Trinajstić information content (AvgIpc) is 2.79. The van der Waals surface area contributed by atoms with Crippen LogP contribution in [-0.2, 0) is 6.42 Å². The fraction of sp³-hybridized carbons (Fsp3) is 0.200. The molecule has 2 N–H and O–H groups in total. The molecule has 0 spiro atoms. The summed E-state index contributed by atoms with van der Waals surface area (Å²) in [6.07, 6.45) is 5.13. The van der Waals surface area contributed by atoms with Crippen LogP contribution in [0.1, 0.15) is 25.5 Å². The first-order chi connectivity index (χ1) is 14.3. The van der Waals surface area contributed by atoms with Crippen molar-refractivity contribution in [1.29, 1.82) is 0 Å². The highest BCUT2D eigenvalue weighted by Gasteiger charge is 2.13. The van der Waals surface area contributed by atoms with E-state index < -0.39 is 0 Å². The van der Waals surface area contributed by atoms with Crippen molar-refractivity contribution in [1.82, 2.24) is 9.97 Å². The molecular formula is C25H26ClN3. The largest absolute Gasteiger partial charge is 0.333 e. The Morgan fingerprint density at radius 3 is 2.31 bits per heavy atom. The lowest BCUT2D eigenvalue weighted by atomic mass is 9.96. The number of rotatable bonds is 5. The molecule has 0 fully saturated rings. The van der Waals surface area contributed by atoms with Gasteiger partial charge in [-0.2, -0.15) is 0 Å². The molecule has 2 heterocycles. The summed E-state index contributed by atoms with van der Waals surface area (Å²) in [7, 11) is 1.50. The standard InChI is InChI=1S/C24H21ClN2.CH5N/c1-2-3-9-22-21-16-20(17-7-5-4-6-8-17)24(27-23(21)14-15-26-22)18-10-12-19(25)13-11-18;1-2/h4-8,10-16H,2-3,9H2,1H3;2H2,1H3. The van der Waals surface area contributed by atoms with E-state index in [1.807, 2.05) is 42.6 Å². The van der Waals surface area contributed by atoms with Gasteiger partial charge in [-0.05, 0) is 49.7 Å². The minimum absolute atomic E-state index is 0.729. The molecule has 4 heteroatoms. The summed E-state index contributed by atoms with van der Waals surface area (Å²) in [5.41, 5.74) is 10.9. The molecule has 2 aromatic heterocycles. The van der Waals surface area contributed by atoms with Gasteiger partial charge in [-0.15, -0.1) is 0 Å². The lowest BCUT2D eigenvalue weighted by Crippen LogP contribution is -1.97. The highest BCUT2D eigenvalue weighted by molar-refractivity contribution is 6.30. The van der Waals surface area contributed by atoms with Crippen LogP contribution in [0.2, 0.25) is 5.02 Å². The smallest absolute Gasteiger partial charge is 0.0788 e. The number of halogens is 1. The third-order valence-corrected chi connectivity index (χ3v) is 5.05. The van der Waals surface area contributed by atoms with Crippen molar-refractivity contribution < 1.29 is 0 Å². The second-order valence-corrected chi connectivity index (χ2v) is 7.12. The van der Waals surface area contributed by atoms with Crippen LogP contribution >= 0.6 is 11.6 Å². The van der Waals surface area contributed by atoms with E-state index in [0.29, 0.717) is 0 Å². The third kappa shape index (κ3) is 4.81. The quantitative estimate of drug-likeness (QED) is 0.411. The molecular weight excluding hydrogens is 378 g/mol. The van der Waals surface area contributed by atoms with Crippen LogP contribution in [-0.4, -0.2) is 17.0 Å². The lowest BCUT2D eigenvalue weighted by Gasteiger charge is -2.13. The van der Waals surface area contributed by atoms with E-state index >= 15 is 0 Å². The topological polar surface area (TPSA) is 51.8 Å². The van der Waals surface area contributed by atoms with Crippen molar-refractivity contribution in [3.63, 3.8) is 0 Å². The van der Waals surface area contributed by atoms with Gasteiger partial charge in [0.25, 0.3) is 0 Å². The molecule has 0 saturated carbocycles. The minimum Gasteiger partial charge on any atom is -0.333 e. The number of benzene rings is 2. The monoisotopic (exact) mass is 403 g/mol. The average molecular weight is 404 g/mol. The van der Waals surface area contributed by atoms with E-state index in [1.165, 1.54) is 7.05 Å². The molecule has 148 valence electrons. The van der Waals surface area contributed by atoms with E-state index in [2.05, 4.69) is 48.0 Å². The summed E-state index contributed by atoms with van der Waals surface area (Å²) in [6.45, 7) is 2.21. The minimum atomic E-state index is 0.729. The first-order valence-electron chi connectivity index (χ1n) is 9.94. The number of aryl methyl sites for hydroxylation is 1. The van der Waals surface area contributed by atoms with Crippen molar-refractivity contribution in [2.75, 3.05) is 7.05 Å².